The van der Waals surface area contributed by atoms with Crippen LogP contribution >= 0.6 is 0 Å². The van der Waals surface area contributed by atoms with Crippen LogP contribution in [0.2, 0.25) is 0 Å². The van der Waals surface area contributed by atoms with Gasteiger partial charge >= 0.3 is 0 Å². The minimum Gasteiger partial charge on any atom is -0.310 e. The summed E-state index contributed by atoms with van der Waals surface area (Å²) in [5, 5.41) is 3.52. The van der Waals surface area contributed by atoms with Crippen LogP contribution in [0.4, 0.5) is 8.78 Å². The molecule has 1 fully saturated rings. The van der Waals surface area contributed by atoms with Gasteiger partial charge in [0.1, 0.15) is 11.6 Å². The van der Waals surface area contributed by atoms with Crippen LogP contribution < -0.4 is 5.32 Å². The number of hydrogen-bond donors (Lipinski definition) is 1. The molecule has 0 bridgehead atoms. The highest BCUT2D eigenvalue weighted by molar-refractivity contribution is 5.23. The standard InChI is InChI=1S/C15H21F2N/c1-14(2,3)15(7-4-8-18-15)10-11-9-12(16)5-6-13(11)17/h5-6,9,18H,4,7-8,10H2,1-3H3. The smallest absolute Gasteiger partial charge is 0.126 e. The fourth-order valence-electron chi connectivity index (χ4n) is 2.87. The number of halogens is 2. The molecule has 0 amide bonds. The Morgan fingerprint density at radius 1 is 1.28 bits per heavy atom. The first kappa shape index (κ1) is 13.5. The third-order valence-electron chi connectivity index (χ3n) is 4.18. The van der Waals surface area contributed by atoms with Crippen LogP contribution in [-0.4, -0.2) is 12.1 Å². The molecule has 0 aromatic heterocycles. The van der Waals surface area contributed by atoms with Crippen LogP contribution in [0.5, 0.6) is 0 Å². The van der Waals surface area contributed by atoms with E-state index >= 15 is 0 Å². The van der Waals surface area contributed by atoms with Crippen molar-refractivity contribution in [3.8, 4) is 0 Å². The molecule has 1 atom stereocenters. The van der Waals surface area contributed by atoms with Crippen molar-refractivity contribution in [1.29, 1.82) is 0 Å². The van der Waals surface area contributed by atoms with Gasteiger partial charge in [-0.2, -0.15) is 0 Å². The minimum atomic E-state index is -0.367. The maximum absolute atomic E-state index is 13.8. The van der Waals surface area contributed by atoms with Gasteiger partial charge in [-0.1, -0.05) is 20.8 Å². The van der Waals surface area contributed by atoms with E-state index in [1.807, 2.05) is 0 Å². The highest BCUT2D eigenvalue weighted by atomic mass is 19.1. The molecule has 1 aliphatic rings. The van der Waals surface area contributed by atoms with Gasteiger partial charge in [-0.05, 0) is 55.0 Å². The van der Waals surface area contributed by atoms with Crippen LogP contribution in [0.25, 0.3) is 0 Å². The molecule has 0 saturated carbocycles. The molecule has 1 aromatic rings. The number of benzene rings is 1. The summed E-state index contributed by atoms with van der Waals surface area (Å²) in [6, 6.07) is 3.71. The van der Waals surface area contributed by atoms with E-state index in [1.54, 1.807) is 0 Å². The summed E-state index contributed by atoms with van der Waals surface area (Å²) in [7, 11) is 0. The van der Waals surface area contributed by atoms with Crippen LogP contribution in [0.1, 0.15) is 39.2 Å². The Hall–Kier alpha value is -0.960. The van der Waals surface area contributed by atoms with Crippen molar-refractivity contribution in [1.82, 2.24) is 5.32 Å². The Labute approximate surface area is 108 Å². The summed E-state index contributed by atoms with van der Waals surface area (Å²) in [5.41, 5.74) is 0.350. The molecule has 2 rings (SSSR count). The van der Waals surface area contributed by atoms with Crippen molar-refractivity contribution in [3.05, 3.63) is 35.4 Å². The van der Waals surface area contributed by atoms with Gasteiger partial charge in [0, 0.05) is 5.54 Å². The maximum atomic E-state index is 13.8. The lowest BCUT2D eigenvalue weighted by Crippen LogP contribution is -2.52. The lowest BCUT2D eigenvalue weighted by molar-refractivity contribution is 0.158. The highest BCUT2D eigenvalue weighted by Gasteiger charge is 2.44. The van der Waals surface area contributed by atoms with Crippen LogP contribution in [0.3, 0.4) is 0 Å². The fourth-order valence-corrected chi connectivity index (χ4v) is 2.87. The van der Waals surface area contributed by atoms with Gasteiger partial charge in [0.2, 0.25) is 0 Å². The summed E-state index contributed by atoms with van der Waals surface area (Å²) in [5.74, 6) is -0.679. The molecule has 0 aliphatic carbocycles. The third-order valence-corrected chi connectivity index (χ3v) is 4.18. The fraction of sp³-hybridized carbons (Fsp3) is 0.600. The normalized spacial score (nSPS) is 24.5. The van der Waals surface area contributed by atoms with E-state index in [9.17, 15) is 8.78 Å². The van der Waals surface area contributed by atoms with Crippen LogP contribution in [0, 0.1) is 17.0 Å². The number of nitrogens with one attached hydrogen (secondary N) is 1. The highest BCUT2D eigenvalue weighted by Crippen LogP contribution is 2.40. The topological polar surface area (TPSA) is 12.0 Å². The van der Waals surface area contributed by atoms with Crippen LogP contribution in [0.15, 0.2) is 18.2 Å². The lowest BCUT2D eigenvalue weighted by atomic mass is 9.69. The Balaban J connectivity index is 2.32. The summed E-state index contributed by atoms with van der Waals surface area (Å²) in [4.78, 5) is 0. The van der Waals surface area contributed by atoms with Gasteiger partial charge in [-0.15, -0.1) is 0 Å². The molecule has 0 spiro atoms. The molecule has 100 valence electrons. The second-order valence-corrected chi connectivity index (χ2v) is 6.27. The first-order valence-electron chi connectivity index (χ1n) is 6.53. The molecule has 1 heterocycles. The summed E-state index contributed by atoms with van der Waals surface area (Å²) >= 11 is 0. The van der Waals surface area contributed by atoms with E-state index in [-0.39, 0.29) is 22.6 Å². The molecule has 1 N–H and O–H groups in total. The number of rotatable bonds is 2. The predicted octanol–water partition coefficient (Wildman–Crippen LogP) is 3.68. The summed E-state index contributed by atoms with van der Waals surface area (Å²) < 4.78 is 27.0. The third kappa shape index (κ3) is 2.41. The molecular formula is C15H21F2N. The van der Waals surface area contributed by atoms with Crippen molar-refractivity contribution in [2.75, 3.05) is 6.54 Å². The molecule has 1 aliphatic heterocycles. The van der Waals surface area contributed by atoms with Gasteiger partial charge in [0.15, 0.2) is 0 Å². The quantitative estimate of drug-likeness (QED) is 0.848. The molecule has 1 aromatic carbocycles. The molecule has 3 heteroatoms. The summed E-state index contributed by atoms with van der Waals surface area (Å²) in [6.07, 6.45) is 2.64. The van der Waals surface area contributed by atoms with Crippen molar-refractivity contribution >= 4 is 0 Å². The Bertz CT molecular complexity index is 429. The average molecular weight is 253 g/mol. The molecule has 1 saturated heterocycles. The van der Waals surface area contributed by atoms with Gasteiger partial charge in [-0.25, -0.2) is 8.78 Å². The summed E-state index contributed by atoms with van der Waals surface area (Å²) in [6.45, 7) is 7.42. The minimum absolute atomic E-state index is 0.0161. The van der Waals surface area contributed by atoms with E-state index in [0.29, 0.717) is 12.0 Å². The molecule has 0 radical (unpaired) electrons. The van der Waals surface area contributed by atoms with E-state index < -0.39 is 0 Å². The van der Waals surface area contributed by atoms with E-state index in [4.69, 9.17) is 0 Å². The SMILES string of the molecule is CC(C)(C)C1(Cc2cc(F)ccc2F)CCCN1. The van der Waals surface area contributed by atoms with Gasteiger partial charge in [-0.3, -0.25) is 0 Å². The van der Waals surface area contributed by atoms with Gasteiger partial charge in [0.05, 0.1) is 0 Å². The van der Waals surface area contributed by atoms with E-state index in [0.717, 1.165) is 19.4 Å². The number of hydrogen-bond acceptors (Lipinski definition) is 1. The van der Waals surface area contributed by atoms with Gasteiger partial charge < -0.3 is 5.32 Å². The van der Waals surface area contributed by atoms with Crippen molar-refractivity contribution < 1.29 is 8.78 Å². The molecule has 18 heavy (non-hydrogen) atoms. The van der Waals surface area contributed by atoms with Crippen molar-refractivity contribution in [2.24, 2.45) is 5.41 Å². The maximum Gasteiger partial charge on any atom is 0.126 e. The van der Waals surface area contributed by atoms with Crippen molar-refractivity contribution in [2.45, 2.75) is 45.6 Å². The second-order valence-electron chi connectivity index (χ2n) is 6.27. The first-order chi connectivity index (χ1) is 8.34. The average Bonchev–Trinajstić information content (AvgIpc) is 2.72. The van der Waals surface area contributed by atoms with E-state index in [2.05, 4.69) is 26.1 Å². The zero-order valence-electron chi connectivity index (χ0n) is 11.3. The predicted molar refractivity (Wildman–Crippen MR) is 69.5 cm³/mol. The zero-order chi connectivity index (χ0) is 13.4. The molecule has 1 unspecified atom stereocenters. The monoisotopic (exact) mass is 253 g/mol. The Morgan fingerprint density at radius 2 is 2.00 bits per heavy atom. The lowest BCUT2D eigenvalue weighted by Gasteiger charge is -2.42. The van der Waals surface area contributed by atoms with Crippen molar-refractivity contribution in [3.63, 3.8) is 0 Å². The zero-order valence-corrected chi connectivity index (χ0v) is 11.3. The first-order valence-corrected chi connectivity index (χ1v) is 6.53. The molecular weight excluding hydrogens is 232 g/mol. The van der Waals surface area contributed by atoms with Crippen LogP contribution in [-0.2, 0) is 6.42 Å². The Kier molecular flexibility index (Phi) is 3.45. The second kappa shape index (κ2) is 4.61. The van der Waals surface area contributed by atoms with E-state index in [1.165, 1.54) is 18.2 Å². The largest absolute Gasteiger partial charge is 0.310 e. The molecule has 1 nitrogen and oxygen atoms in total. The van der Waals surface area contributed by atoms with Gasteiger partial charge in [0.25, 0.3) is 0 Å². The Morgan fingerprint density at radius 3 is 2.56 bits per heavy atom.